The zero-order valence-electron chi connectivity index (χ0n) is 8.88. The summed E-state index contributed by atoms with van der Waals surface area (Å²) in [4.78, 5) is 22.0. The summed E-state index contributed by atoms with van der Waals surface area (Å²) in [7, 11) is 0. The van der Waals surface area contributed by atoms with Crippen LogP contribution in [0.4, 0.5) is 0 Å². The van der Waals surface area contributed by atoms with E-state index in [0.29, 0.717) is 0 Å². The zero-order chi connectivity index (χ0) is 12.0. The molecule has 1 aliphatic heterocycles. The molecule has 1 N–H and O–H groups in total. The van der Waals surface area contributed by atoms with Gasteiger partial charge in [0.1, 0.15) is 12.9 Å². The average Bonchev–Trinajstić information content (AvgIpc) is 2.27. The number of hydrogen-bond acceptors (Lipinski definition) is 6. The van der Waals surface area contributed by atoms with Gasteiger partial charge in [-0.2, -0.15) is 0 Å². The van der Waals surface area contributed by atoms with E-state index in [-0.39, 0.29) is 26.6 Å². The normalized spacial score (nSPS) is 19.1. The Kier molecular flexibility index (Phi) is 5.17. The minimum Gasteiger partial charge on any atom is -0.479 e. The second-order valence-corrected chi connectivity index (χ2v) is 3.09. The van der Waals surface area contributed by atoms with Crippen LogP contribution in [0.15, 0.2) is 0 Å². The van der Waals surface area contributed by atoms with E-state index in [1.54, 1.807) is 6.92 Å². The second-order valence-electron chi connectivity index (χ2n) is 3.09. The third-order valence-corrected chi connectivity index (χ3v) is 1.83. The second kappa shape index (κ2) is 6.41. The van der Waals surface area contributed by atoms with Crippen molar-refractivity contribution in [3.63, 3.8) is 0 Å². The number of rotatable bonds is 5. The summed E-state index contributed by atoms with van der Waals surface area (Å²) in [5.41, 5.74) is 0. The molecule has 0 amide bonds. The molecular formula is C9H14O7. The fourth-order valence-corrected chi connectivity index (χ4v) is 1.17. The Labute approximate surface area is 92.2 Å². The van der Waals surface area contributed by atoms with Crippen LogP contribution in [-0.2, 0) is 28.5 Å². The lowest BCUT2D eigenvalue weighted by atomic mass is 10.3. The SMILES string of the molecule is CCOC(=O)C(OC1COCOC1)C(=O)O. The van der Waals surface area contributed by atoms with Crippen LogP contribution in [0.1, 0.15) is 6.92 Å². The van der Waals surface area contributed by atoms with Gasteiger partial charge in [0.25, 0.3) is 6.10 Å². The Bertz CT molecular complexity index is 246. The highest BCUT2D eigenvalue weighted by atomic mass is 16.7. The van der Waals surface area contributed by atoms with E-state index in [9.17, 15) is 9.59 Å². The van der Waals surface area contributed by atoms with Crippen molar-refractivity contribution in [3.8, 4) is 0 Å². The quantitative estimate of drug-likeness (QED) is 0.501. The Balaban J connectivity index is 2.49. The number of hydrogen-bond donors (Lipinski definition) is 1. The van der Waals surface area contributed by atoms with Gasteiger partial charge in [-0.15, -0.1) is 0 Å². The van der Waals surface area contributed by atoms with Crippen molar-refractivity contribution in [2.24, 2.45) is 0 Å². The van der Waals surface area contributed by atoms with Crippen molar-refractivity contribution < 1.29 is 33.6 Å². The van der Waals surface area contributed by atoms with Crippen LogP contribution >= 0.6 is 0 Å². The molecule has 7 heteroatoms. The standard InChI is InChI=1S/C9H14O7/c1-2-15-9(12)7(8(10)11)16-6-3-13-5-14-4-6/h6-7H,2-5H2,1H3,(H,10,11). The summed E-state index contributed by atoms with van der Waals surface area (Å²) in [5.74, 6) is -2.30. The van der Waals surface area contributed by atoms with Crippen molar-refractivity contribution in [3.05, 3.63) is 0 Å². The van der Waals surface area contributed by atoms with Crippen LogP contribution in [0.3, 0.4) is 0 Å². The van der Waals surface area contributed by atoms with Crippen molar-refractivity contribution in [2.45, 2.75) is 19.1 Å². The Morgan fingerprint density at radius 2 is 2.06 bits per heavy atom. The first-order chi connectivity index (χ1) is 7.65. The average molecular weight is 234 g/mol. The van der Waals surface area contributed by atoms with Gasteiger partial charge in [-0.05, 0) is 6.92 Å². The maximum atomic E-state index is 11.2. The molecule has 7 nitrogen and oxygen atoms in total. The maximum Gasteiger partial charge on any atom is 0.347 e. The highest BCUT2D eigenvalue weighted by Gasteiger charge is 2.32. The minimum absolute atomic E-state index is 0.101. The van der Waals surface area contributed by atoms with Gasteiger partial charge in [0.15, 0.2) is 0 Å². The van der Waals surface area contributed by atoms with E-state index in [4.69, 9.17) is 19.3 Å². The molecule has 0 spiro atoms. The van der Waals surface area contributed by atoms with Gasteiger partial charge in [0, 0.05) is 0 Å². The number of carboxylic acid groups (broad SMARTS) is 1. The number of ether oxygens (including phenoxy) is 4. The molecular weight excluding hydrogens is 220 g/mol. The largest absolute Gasteiger partial charge is 0.479 e. The highest BCUT2D eigenvalue weighted by molar-refractivity contribution is 5.97. The molecule has 1 fully saturated rings. The molecule has 0 aromatic carbocycles. The monoisotopic (exact) mass is 234 g/mol. The van der Waals surface area contributed by atoms with Crippen molar-refractivity contribution in [1.29, 1.82) is 0 Å². The highest BCUT2D eigenvalue weighted by Crippen LogP contribution is 2.07. The molecule has 92 valence electrons. The molecule has 0 aliphatic carbocycles. The maximum absolute atomic E-state index is 11.2. The Morgan fingerprint density at radius 1 is 1.44 bits per heavy atom. The van der Waals surface area contributed by atoms with Crippen LogP contribution in [0, 0.1) is 0 Å². The van der Waals surface area contributed by atoms with Crippen LogP contribution in [0.5, 0.6) is 0 Å². The molecule has 0 radical (unpaired) electrons. The van der Waals surface area contributed by atoms with E-state index < -0.39 is 24.1 Å². The van der Waals surface area contributed by atoms with Crippen LogP contribution in [0.2, 0.25) is 0 Å². The van der Waals surface area contributed by atoms with E-state index in [1.807, 2.05) is 0 Å². The summed E-state index contributed by atoms with van der Waals surface area (Å²) in [6, 6.07) is 0. The van der Waals surface area contributed by atoms with E-state index >= 15 is 0 Å². The molecule has 16 heavy (non-hydrogen) atoms. The van der Waals surface area contributed by atoms with Crippen molar-refractivity contribution >= 4 is 11.9 Å². The summed E-state index contributed by atoms with van der Waals surface area (Å²) >= 11 is 0. The lowest BCUT2D eigenvalue weighted by Crippen LogP contribution is -2.42. The van der Waals surface area contributed by atoms with E-state index in [0.717, 1.165) is 0 Å². The molecule has 0 bridgehead atoms. The van der Waals surface area contributed by atoms with Gasteiger partial charge < -0.3 is 24.1 Å². The molecule has 1 saturated heterocycles. The van der Waals surface area contributed by atoms with Crippen molar-refractivity contribution in [2.75, 3.05) is 26.6 Å². The summed E-state index contributed by atoms with van der Waals surface area (Å²) in [6.45, 7) is 2.23. The third kappa shape index (κ3) is 3.76. The van der Waals surface area contributed by atoms with Crippen LogP contribution in [0.25, 0.3) is 0 Å². The van der Waals surface area contributed by atoms with Gasteiger partial charge in [-0.3, -0.25) is 0 Å². The smallest absolute Gasteiger partial charge is 0.347 e. The van der Waals surface area contributed by atoms with Gasteiger partial charge in [0.05, 0.1) is 19.8 Å². The fourth-order valence-electron chi connectivity index (χ4n) is 1.17. The lowest BCUT2D eigenvalue weighted by Gasteiger charge is -2.24. The molecule has 1 atom stereocenters. The number of carbonyl (C=O) groups excluding carboxylic acids is 1. The first kappa shape index (κ1) is 12.9. The summed E-state index contributed by atoms with van der Waals surface area (Å²) < 4.78 is 19.4. The molecule has 0 saturated carbocycles. The topological polar surface area (TPSA) is 91.3 Å². The number of aliphatic carboxylic acids is 1. The van der Waals surface area contributed by atoms with Crippen LogP contribution < -0.4 is 0 Å². The predicted molar refractivity (Wildman–Crippen MR) is 49.7 cm³/mol. The summed E-state index contributed by atoms with van der Waals surface area (Å²) in [5, 5.41) is 8.79. The molecule has 1 aliphatic rings. The van der Waals surface area contributed by atoms with Gasteiger partial charge in [-0.25, -0.2) is 9.59 Å². The zero-order valence-corrected chi connectivity index (χ0v) is 8.88. The predicted octanol–water partition coefficient (Wildman–Crippen LogP) is -0.608. The lowest BCUT2D eigenvalue weighted by molar-refractivity contribution is -0.200. The van der Waals surface area contributed by atoms with E-state index in [2.05, 4.69) is 4.74 Å². The minimum atomic E-state index is -1.63. The molecule has 1 unspecified atom stereocenters. The third-order valence-electron chi connectivity index (χ3n) is 1.83. The molecule has 1 heterocycles. The first-order valence-corrected chi connectivity index (χ1v) is 4.85. The first-order valence-electron chi connectivity index (χ1n) is 4.85. The van der Waals surface area contributed by atoms with Crippen LogP contribution in [-0.4, -0.2) is 55.9 Å². The number of carboxylic acids is 1. The molecule has 0 aromatic rings. The van der Waals surface area contributed by atoms with Gasteiger partial charge >= 0.3 is 11.9 Å². The molecule has 1 rings (SSSR count). The van der Waals surface area contributed by atoms with E-state index in [1.165, 1.54) is 0 Å². The number of esters is 1. The fraction of sp³-hybridized carbons (Fsp3) is 0.778. The Morgan fingerprint density at radius 3 is 2.56 bits per heavy atom. The van der Waals surface area contributed by atoms with Gasteiger partial charge in [0.2, 0.25) is 0 Å². The summed E-state index contributed by atoms with van der Waals surface area (Å²) in [6.07, 6.45) is -2.20. The van der Waals surface area contributed by atoms with Gasteiger partial charge in [-0.1, -0.05) is 0 Å². The molecule has 0 aromatic heterocycles. The van der Waals surface area contributed by atoms with Crippen molar-refractivity contribution in [1.82, 2.24) is 0 Å². The Hall–Kier alpha value is -1.18. The number of carbonyl (C=O) groups is 2.